The smallest absolute Gasteiger partial charge is 0.211 e. The molecule has 2 N–H and O–H groups in total. The van der Waals surface area contributed by atoms with Crippen LogP contribution in [0.4, 0.5) is 0 Å². The quantitative estimate of drug-likeness (QED) is 0.734. The second-order valence-corrected chi connectivity index (χ2v) is 8.08. The lowest BCUT2D eigenvalue weighted by Gasteiger charge is -2.30. The van der Waals surface area contributed by atoms with Crippen molar-refractivity contribution >= 4 is 15.8 Å². The van der Waals surface area contributed by atoms with Gasteiger partial charge in [0.1, 0.15) is 5.78 Å². The summed E-state index contributed by atoms with van der Waals surface area (Å²) >= 11 is 0. The number of carbonyl (C=O) groups excluding carboxylic acids is 1. The van der Waals surface area contributed by atoms with Crippen LogP contribution < -0.4 is 5.73 Å². The molecule has 20 heavy (non-hydrogen) atoms. The van der Waals surface area contributed by atoms with Crippen LogP contribution in [0.15, 0.2) is 0 Å². The molecule has 0 aliphatic carbocycles. The third kappa shape index (κ3) is 6.33. The van der Waals surface area contributed by atoms with Gasteiger partial charge in [-0.3, -0.25) is 4.79 Å². The summed E-state index contributed by atoms with van der Waals surface area (Å²) in [4.78, 5) is 12.0. The zero-order valence-corrected chi connectivity index (χ0v) is 13.5. The first-order chi connectivity index (χ1) is 9.32. The van der Waals surface area contributed by atoms with E-state index in [9.17, 15) is 13.2 Å². The van der Waals surface area contributed by atoms with Gasteiger partial charge in [-0.1, -0.05) is 6.92 Å². The number of hydrogen-bond donors (Lipinski definition) is 1. The lowest BCUT2D eigenvalue weighted by Crippen LogP contribution is -2.39. The first-order valence-electron chi connectivity index (χ1n) is 7.49. The van der Waals surface area contributed by atoms with Gasteiger partial charge in [0.15, 0.2) is 0 Å². The number of Topliss-reactive ketones (excluding diaryl/α,β-unsaturated/α-hetero) is 1. The molecule has 6 heteroatoms. The summed E-state index contributed by atoms with van der Waals surface area (Å²) in [7, 11) is -3.12. The van der Waals surface area contributed by atoms with Crippen LogP contribution in [0, 0.1) is 11.8 Å². The fraction of sp³-hybridized carbons (Fsp3) is 0.929. The molecule has 1 aliphatic heterocycles. The van der Waals surface area contributed by atoms with Crippen LogP contribution in [0.2, 0.25) is 0 Å². The Hall–Kier alpha value is -0.460. The Morgan fingerprint density at radius 1 is 1.40 bits per heavy atom. The molecule has 0 aromatic carbocycles. The lowest BCUT2D eigenvalue weighted by atomic mass is 9.91. The lowest BCUT2D eigenvalue weighted by molar-refractivity contribution is -0.120. The highest BCUT2D eigenvalue weighted by Gasteiger charge is 2.27. The Labute approximate surface area is 122 Å². The van der Waals surface area contributed by atoms with Gasteiger partial charge in [0.25, 0.3) is 0 Å². The van der Waals surface area contributed by atoms with Crippen LogP contribution in [-0.4, -0.2) is 44.4 Å². The maximum absolute atomic E-state index is 12.0. The van der Waals surface area contributed by atoms with Gasteiger partial charge in [-0.15, -0.1) is 0 Å². The molecule has 0 saturated carbocycles. The molecule has 0 aromatic rings. The number of sulfonamides is 1. The van der Waals surface area contributed by atoms with E-state index in [1.807, 2.05) is 0 Å². The molecular formula is C14H28N2O3S. The molecule has 0 bridgehead atoms. The van der Waals surface area contributed by atoms with E-state index in [0.29, 0.717) is 38.4 Å². The van der Waals surface area contributed by atoms with Crippen molar-refractivity contribution in [2.75, 3.05) is 25.9 Å². The van der Waals surface area contributed by atoms with Crippen molar-refractivity contribution in [2.24, 2.45) is 17.6 Å². The molecule has 2 atom stereocenters. The standard InChI is InChI=1S/C14H28N2O3S/c1-12(7-8-15)5-6-14(17)10-13-4-3-9-16(11-13)20(2,18)19/h12-13H,3-11,15H2,1-2H3. The van der Waals surface area contributed by atoms with Crippen LogP contribution in [-0.2, 0) is 14.8 Å². The third-order valence-electron chi connectivity index (χ3n) is 4.04. The highest BCUT2D eigenvalue weighted by molar-refractivity contribution is 7.88. The van der Waals surface area contributed by atoms with Crippen LogP contribution in [0.5, 0.6) is 0 Å². The number of carbonyl (C=O) groups is 1. The van der Waals surface area contributed by atoms with E-state index in [1.165, 1.54) is 10.6 Å². The molecule has 0 spiro atoms. The number of ketones is 1. The van der Waals surface area contributed by atoms with Crippen LogP contribution in [0.3, 0.4) is 0 Å². The minimum Gasteiger partial charge on any atom is -0.330 e. The highest BCUT2D eigenvalue weighted by atomic mass is 32.2. The average molecular weight is 304 g/mol. The Morgan fingerprint density at radius 2 is 2.10 bits per heavy atom. The second kappa shape index (κ2) is 8.10. The molecule has 0 radical (unpaired) electrons. The van der Waals surface area contributed by atoms with Crippen LogP contribution in [0.1, 0.15) is 45.4 Å². The Balaban J connectivity index is 2.35. The number of hydrogen-bond acceptors (Lipinski definition) is 4. The summed E-state index contributed by atoms with van der Waals surface area (Å²) in [6, 6.07) is 0. The number of rotatable bonds is 8. The average Bonchev–Trinajstić information content (AvgIpc) is 2.36. The van der Waals surface area contributed by atoms with Gasteiger partial charge in [-0.2, -0.15) is 0 Å². The summed E-state index contributed by atoms with van der Waals surface area (Å²) in [5.41, 5.74) is 5.49. The van der Waals surface area contributed by atoms with Gasteiger partial charge in [-0.25, -0.2) is 12.7 Å². The molecule has 1 saturated heterocycles. The van der Waals surface area contributed by atoms with Crippen molar-refractivity contribution in [1.82, 2.24) is 4.31 Å². The molecule has 1 aliphatic rings. The summed E-state index contributed by atoms with van der Waals surface area (Å²) in [5, 5.41) is 0. The monoisotopic (exact) mass is 304 g/mol. The highest BCUT2D eigenvalue weighted by Crippen LogP contribution is 2.23. The molecule has 0 aromatic heterocycles. The maximum Gasteiger partial charge on any atom is 0.211 e. The molecule has 5 nitrogen and oxygen atoms in total. The largest absolute Gasteiger partial charge is 0.330 e. The van der Waals surface area contributed by atoms with Gasteiger partial charge in [0.05, 0.1) is 6.26 Å². The molecule has 1 fully saturated rings. The van der Waals surface area contributed by atoms with E-state index in [-0.39, 0.29) is 11.7 Å². The van der Waals surface area contributed by atoms with E-state index in [4.69, 9.17) is 5.73 Å². The fourth-order valence-corrected chi connectivity index (χ4v) is 3.70. The molecular weight excluding hydrogens is 276 g/mol. The summed E-state index contributed by atoms with van der Waals surface area (Å²) in [6.07, 6.45) is 6.01. The van der Waals surface area contributed by atoms with Gasteiger partial charge in [0, 0.05) is 25.9 Å². The van der Waals surface area contributed by atoms with Gasteiger partial charge in [-0.05, 0) is 44.1 Å². The summed E-state index contributed by atoms with van der Waals surface area (Å²) < 4.78 is 24.6. The first-order valence-corrected chi connectivity index (χ1v) is 9.34. The van der Waals surface area contributed by atoms with Gasteiger partial charge in [0.2, 0.25) is 10.0 Å². The molecule has 2 unspecified atom stereocenters. The van der Waals surface area contributed by atoms with E-state index in [0.717, 1.165) is 25.7 Å². The molecule has 0 amide bonds. The summed E-state index contributed by atoms with van der Waals surface area (Å²) in [6.45, 7) is 3.88. The minimum atomic E-state index is -3.12. The molecule has 1 rings (SSSR count). The van der Waals surface area contributed by atoms with E-state index < -0.39 is 10.0 Å². The predicted molar refractivity (Wildman–Crippen MR) is 80.8 cm³/mol. The summed E-state index contributed by atoms with van der Waals surface area (Å²) in [5.74, 6) is 0.938. The Bertz CT molecular complexity index is 409. The van der Waals surface area contributed by atoms with Crippen LogP contribution in [0.25, 0.3) is 0 Å². The van der Waals surface area contributed by atoms with Crippen molar-refractivity contribution in [1.29, 1.82) is 0 Å². The topological polar surface area (TPSA) is 80.5 Å². The van der Waals surface area contributed by atoms with E-state index in [2.05, 4.69) is 6.92 Å². The first kappa shape index (κ1) is 17.6. The third-order valence-corrected chi connectivity index (χ3v) is 5.31. The SMILES string of the molecule is CC(CCN)CCC(=O)CC1CCCN(S(C)(=O)=O)C1. The number of nitrogens with zero attached hydrogens (tertiary/aromatic N) is 1. The molecule has 1 heterocycles. The van der Waals surface area contributed by atoms with Crippen molar-refractivity contribution in [3.05, 3.63) is 0 Å². The van der Waals surface area contributed by atoms with Gasteiger partial charge >= 0.3 is 0 Å². The predicted octanol–water partition coefficient (Wildman–Crippen LogP) is 1.38. The fourth-order valence-electron chi connectivity index (χ4n) is 2.75. The zero-order chi connectivity index (χ0) is 15.2. The van der Waals surface area contributed by atoms with Crippen molar-refractivity contribution in [2.45, 2.75) is 45.4 Å². The minimum absolute atomic E-state index is 0.191. The molecule has 118 valence electrons. The van der Waals surface area contributed by atoms with Crippen molar-refractivity contribution in [3.8, 4) is 0 Å². The maximum atomic E-state index is 12.0. The van der Waals surface area contributed by atoms with E-state index >= 15 is 0 Å². The number of piperidine rings is 1. The van der Waals surface area contributed by atoms with Crippen molar-refractivity contribution < 1.29 is 13.2 Å². The second-order valence-electron chi connectivity index (χ2n) is 6.09. The normalized spacial score (nSPS) is 22.6. The van der Waals surface area contributed by atoms with E-state index in [1.54, 1.807) is 0 Å². The van der Waals surface area contributed by atoms with Crippen molar-refractivity contribution in [3.63, 3.8) is 0 Å². The number of nitrogens with two attached hydrogens (primary N) is 1. The Kier molecular flexibility index (Phi) is 7.12. The van der Waals surface area contributed by atoms with Crippen LogP contribution >= 0.6 is 0 Å². The zero-order valence-electron chi connectivity index (χ0n) is 12.7. The van der Waals surface area contributed by atoms with Gasteiger partial charge < -0.3 is 5.73 Å². The Morgan fingerprint density at radius 3 is 2.70 bits per heavy atom.